The maximum Gasteiger partial charge on any atom is 0.472 e. The first-order valence-corrected chi connectivity index (χ1v) is 41.0. The molecule has 0 aromatic heterocycles. The molecule has 0 radical (unpaired) electrons. The third kappa shape index (κ3) is 66.7. The lowest BCUT2D eigenvalue weighted by Crippen LogP contribution is -2.30. The molecule has 0 aliphatic rings. The van der Waals surface area contributed by atoms with E-state index in [0.717, 1.165) is 108 Å². The highest BCUT2D eigenvalue weighted by Gasteiger charge is 2.30. The van der Waals surface area contributed by atoms with Gasteiger partial charge >= 0.3 is 39.5 Å². The minimum Gasteiger partial charge on any atom is -0.462 e. The van der Waals surface area contributed by atoms with Crippen molar-refractivity contribution in [3.05, 3.63) is 0 Å². The summed E-state index contributed by atoms with van der Waals surface area (Å²) in [5.74, 6) is -0.645. The maximum absolute atomic E-state index is 13.1. The van der Waals surface area contributed by atoms with Gasteiger partial charge in [-0.05, 0) is 37.5 Å². The van der Waals surface area contributed by atoms with Crippen molar-refractivity contribution in [2.45, 2.75) is 394 Å². The molecule has 546 valence electrons. The van der Waals surface area contributed by atoms with E-state index in [9.17, 15) is 43.2 Å². The molecule has 0 saturated carbocycles. The van der Waals surface area contributed by atoms with Crippen LogP contribution in [0, 0.1) is 11.8 Å². The van der Waals surface area contributed by atoms with Crippen LogP contribution < -0.4 is 0 Å². The average Bonchev–Trinajstić information content (AvgIpc) is 2.89. The quantitative estimate of drug-likeness (QED) is 0.0222. The lowest BCUT2D eigenvalue weighted by atomic mass is 10.0. The highest BCUT2D eigenvalue weighted by atomic mass is 31.2. The highest BCUT2D eigenvalue weighted by Crippen LogP contribution is 2.45. The van der Waals surface area contributed by atoms with Gasteiger partial charge in [-0.3, -0.25) is 37.3 Å². The summed E-state index contributed by atoms with van der Waals surface area (Å²) in [6.07, 6.45) is 52.0. The smallest absolute Gasteiger partial charge is 0.462 e. The number of hydrogen-bond donors (Lipinski definition) is 3. The van der Waals surface area contributed by atoms with Crippen molar-refractivity contribution in [3.63, 3.8) is 0 Å². The van der Waals surface area contributed by atoms with Gasteiger partial charge in [0.2, 0.25) is 0 Å². The summed E-state index contributed by atoms with van der Waals surface area (Å²) in [7, 11) is -9.89. The largest absolute Gasteiger partial charge is 0.472 e. The summed E-state index contributed by atoms with van der Waals surface area (Å²) in [6, 6.07) is 0. The summed E-state index contributed by atoms with van der Waals surface area (Å²) in [4.78, 5) is 72.3. The normalized spacial score (nSPS) is 14.1. The van der Waals surface area contributed by atoms with Crippen LogP contribution in [0.1, 0.15) is 375 Å². The van der Waals surface area contributed by atoms with Gasteiger partial charge in [-0.1, -0.05) is 324 Å². The van der Waals surface area contributed by atoms with E-state index < -0.39 is 97.5 Å². The third-order valence-electron chi connectivity index (χ3n) is 17.0. The first-order chi connectivity index (χ1) is 44.4. The predicted octanol–water partition coefficient (Wildman–Crippen LogP) is 21.2. The monoisotopic (exact) mass is 1350 g/mol. The Morgan fingerprint density at radius 3 is 0.739 bits per heavy atom. The minimum absolute atomic E-state index is 0.104. The third-order valence-corrected chi connectivity index (χ3v) is 18.9. The van der Waals surface area contributed by atoms with Crippen LogP contribution >= 0.6 is 15.6 Å². The van der Waals surface area contributed by atoms with Crippen molar-refractivity contribution in [3.8, 4) is 0 Å². The van der Waals surface area contributed by atoms with Gasteiger partial charge in [-0.2, -0.15) is 0 Å². The number of hydrogen-bond acceptors (Lipinski definition) is 15. The number of aliphatic hydroxyl groups excluding tert-OH is 1. The van der Waals surface area contributed by atoms with Gasteiger partial charge in [-0.15, -0.1) is 0 Å². The van der Waals surface area contributed by atoms with E-state index in [1.54, 1.807) is 0 Å². The van der Waals surface area contributed by atoms with E-state index in [-0.39, 0.29) is 25.7 Å². The Morgan fingerprint density at radius 1 is 0.293 bits per heavy atom. The van der Waals surface area contributed by atoms with E-state index in [1.807, 2.05) is 0 Å². The molecule has 0 heterocycles. The molecule has 0 fully saturated rings. The molecule has 0 saturated heterocycles. The Kier molecular flexibility index (Phi) is 63.7. The lowest BCUT2D eigenvalue weighted by molar-refractivity contribution is -0.161. The van der Waals surface area contributed by atoms with Crippen molar-refractivity contribution in [1.82, 2.24) is 0 Å². The molecule has 19 heteroatoms. The Bertz CT molecular complexity index is 1790. The summed E-state index contributed by atoms with van der Waals surface area (Å²) in [5, 5.41) is 10.6. The topological polar surface area (TPSA) is 237 Å². The van der Waals surface area contributed by atoms with Gasteiger partial charge in [-0.25, -0.2) is 9.13 Å². The fraction of sp³-hybridized carbons (Fsp3) is 0.945. The summed E-state index contributed by atoms with van der Waals surface area (Å²) >= 11 is 0. The first kappa shape index (κ1) is 90.1. The maximum atomic E-state index is 13.1. The fourth-order valence-corrected chi connectivity index (χ4v) is 12.7. The highest BCUT2D eigenvalue weighted by molar-refractivity contribution is 7.47. The molecule has 3 N–H and O–H groups in total. The molecule has 0 aromatic carbocycles. The molecule has 0 amide bonds. The van der Waals surface area contributed by atoms with Crippen molar-refractivity contribution >= 4 is 39.5 Å². The minimum atomic E-state index is -4.95. The van der Waals surface area contributed by atoms with E-state index >= 15 is 0 Å². The van der Waals surface area contributed by atoms with Gasteiger partial charge < -0.3 is 33.8 Å². The van der Waals surface area contributed by atoms with Crippen LogP contribution in [0.25, 0.3) is 0 Å². The molecule has 0 spiro atoms. The van der Waals surface area contributed by atoms with Crippen molar-refractivity contribution in [2.75, 3.05) is 39.6 Å². The van der Waals surface area contributed by atoms with Gasteiger partial charge in [0, 0.05) is 25.7 Å². The summed E-state index contributed by atoms with van der Waals surface area (Å²) in [5.41, 5.74) is 0. The Hall–Kier alpha value is -1.94. The Balaban J connectivity index is 5.10. The standard InChI is InChI=1S/C73H142O17P2/c1-7-9-11-13-14-15-16-17-18-19-20-21-22-23-24-25-26-29-33-39-45-51-57-72(77)90-69(62-84-71(76)56-50-44-38-32-30-27-28-31-36-42-47-53-65(3)4)64-88-92(81,82)86-60-67(74)59-85-91(79,80)87-63-68(61-83-70(75)55-49-41-12-10-8-2)89-73(78)58-52-46-40-35-34-37-43-48-54-66(5)6/h65-69,74H,7-64H2,1-6H3,(H,79,80)(H,81,82)/t67-,68+,69+/m0/s1. The summed E-state index contributed by atoms with van der Waals surface area (Å²) < 4.78 is 68.1. The van der Waals surface area contributed by atoms with Gasteiger partial charge in [0.15, 0.2) is 12.2 Å². The van der Waals surface area contributed by atoms with Crippen molar-refractivity contribution in [2.24, 2.45) is 11.8 Å². The molecule has 17 nitrogen and oxygen atoms in total. The second kappa shape index (κ2) is 65.0. The number of rotatable bonds is 72. The molecule has 0 bridgehead atoms. The second-order valence-electron chi connectivity index (χ2n) is 27.3. The zero-order chi connectivity index (χ0) is 67.9. The van der Waals surface area contributed by atoms with Crippen LogP contribution in [-0.4, -0.2) is 96.7 Å². The molecule has 0 aliphatic heterocycles. The van der Waals surface area contributed by atoms with Crippen molar-refractivity contribution in [1.29, 1.82) is 0 Å². The zero-order valence-corrected chi connectivity index (χ0v) is 61.6. The van der Waals surface area contributed by atoms with Crippen molar-refractivity contribution < 1.29 is 80.2 Å². The number of phosphoric ester groups is 2. The van der Waals surface area contributed by atoms with E-state index in [0.29, 0.717) is 25.7 Å². The number of unbranched alkanes of at least 4 members (excludes halogenated alkanes) is 42. The van der Waals surface area contributed by atoms with E-state index in [4.69, 9.17) is 37.0 Å². The molecule has 5 atom stereocenters. The molecular weight excluding hydrogens is 1210 g/mol. The number of aliphatic hydroxyl groups is 1. The van der Waals surface area contributed by atoms with Crippen LogP contribution in [0.4, 0.5) is 0 Å². The molecule has 0 rings (SSSR count). The number of ether oxygens (including phenoxy) is 4. The number of esters is 4. The average molecular weight is 1350 g/mol. The number of phosphoric acid groups is 2. The molecule has 0 aliphatic carbocycles. The van der Waals surface area contributed by atoms with Crippen LogP contribution in [-0.2, 0) is 65.4 Å². The summed E-state index contributed by atoms with van der Waals surface area (Å²) in [6.45, 7) is 9.43. The SMILES string of the molecule is CCCCCCCCCCCCCCCCCCCCCCCCC(=O)O[C@H](COC(=O)CCCCCCCCCCCCCC(C)C)COP(=O)(O)OC[C@@H](O)COP(=O)(O)OC[C@@H](COC(=O)CCCCCCC)OC(=O)CCCCCCCCCCC(C)C. The predicted molar refractivity (Wildman–Crippen MR) is 372 cm³/mol. The van der Waals surface area contributed by atoms with E-state index in [1.165, 1.54) is 186 Å². The number of carbonyl (C=O) groups excluding carboxylic acids is 4. The molecule has 2 unspecified atom stereocenters. The Morgan fingerprint density at radius 2 is 0.500 bits per heavy atom. The van der Waals surface area contributed by atoms with Crippen LogP contribution in [0.2, 0.25) is 0 Å². The van der Waals surface area contributed by atoms with Gasteiger partial charge in [0.1, 0.15) is 19.3 Å². The second-order valence-corrected chi connectivity index (χ2v) is 30.2. The van der Waals surface area contributed by atoms with Crippen LogP contribution in [0.15, 0.2) is 0 Å². The fourth-order valence-electron chi connectivity index (χ4n) is 11.1. The van der Waals surface area contributed by atoms with Gasteiger partial charge in [0.25, 0.3) is 0 Å². The Labute approximate surface area is 562 Å². The molecular formula is C73H142O17P2. The number of carbonyl (C=O) groups is 4. The zero-order valence-electron chi connectivity index (χ0n) is 59.9. The van der Waals surface area contributed by atoms with Gasteiger partial charge in [0.05, 0.1) is 26.4 Å². The first-order valence-electron chi connectivity index (χ1n) is 38.0. The van der Waals surface area contributed by atoms with E-state index in [2.05, 4.69) is 41.5 Å². The van der Waals surface area contributed by atoms with Crippen LogP contribution in [0.5, 0.6) is 0 Å². The molecule has 92 heavy (non-hydrogen) atoms. The van der Waals surface area contributed by atoms with Crippen LogP contribution in [0.3, 0.4) is 0 Å². The lowest BCUT2D eigenvalue weighted by Gasteiger charge is -2.21. The molecule has 0 aromatic rings.